The number of hydrogen-bond donors (Lipinski definition) is 2. The maximum atomic E-state index is 12.7. The Morgan fingerprint density at radius 3 is 2.42 bits per heavy atom. The average molecular weight is 333 g/mol. The zero-order chi connectivity index (χ0) is 17.7. The highest BCUT2D eigenvalue weighted by Crippen LogP contribution is 2.31. The number of carbonyl (C=O) groups is 2. The normalized spacial score (nSPS) is 17.5. The Kier molecular flexibility index (Phi) is 5.99. The third kappa shape index (κ3) is 4.15. The quantitative estimate of drug-likeness (QED) is 0.804. The predicted octanol–water partition coefficient (Wildman–Crippen LogP) is 2.92. The first-order valence-electron chi connectivity index (χ1n) is 8.71. The van der Waals surface area contributed by atoms with Gasteiger partial charge < -0.3 is 15.1 Å². The van der Waals surface area contributed by atoms with Gasteiger partial charge in [0.2, 0.25) is 5.91 Å². The van der Waals surface area contributed by atoms with Crippen LogP contribution in [0, 0.1) is 0 Å². The van der Waals surface area contributed by atoms with Crippen molar-refractivity contribution in [2.75, 3.05) is 6.54 Å². The molecule has 0 aliphatic carbocycles. The lowest BCUT2D eigenvalue weighted by Gasteiger charge is -2.35. The van der Waals surface area contributed by atoms with E-state index in [0.717, 1.165) is 24.0 Å². The second kappa shape index (κ2) is 7.79. The molecule has 1 amide bonds. The average Bonchev–Trinajstić information content (AvgIpc) is 2.53. The first-order chi connectivity index (χ1) is 11.4. The molecule has 24 heavy (non-hydrogen) atoms. The molecule has 0 saturated heterocycles. The van der Waals surface area contributed by atoms with E-state index in [9.17, 15) is 19.8 Å². The Balaban J connectivity index is 2.17. The van der Waals surface area contributed by atoms with Gasteiger partial charge in [0.05, 0.1) is 17.9 Å². The van der Waals surface area contributed by atoms with Crippen molar-refractivity contribution in [3.8, 4) is 0 Å². The summed E-state index contributed by atoms with van der Waals surface area (Å²) in [5, 5.41) is 20.2. The standard InChI is InChI=1S/C19H27NO4/c1-3-9-19(24,10-4-2)11-17(21)20-12-14-7-5-6-8-15(14)16(13-20)18(22)23/h5-8,16,24H,3-4,9-13H2,1-2H3,(H,22,23). The van der Waals surface area contributed by atoms with Gasteiger partial charge in [0.25, 0.3) is 0 Å². The van der Waals surface area contributed by atoms with Crippen LogP contribution in [0.4, 0.5) is 0 Å². The predicted molar refractivity (Wildman–Crippen MR) is 91.6 cm³/mol. The zero-order valence-electron chi connectivity index (χ0n) is 14.5. The number of carboxylic acids is 1. The fourth-order valence-corrected chi connectivity index (χ4v) is 3.63. The fourth-order valence-electron chi connectivity index (χ4n) is 3.63. The summed E-state index contributed by atoms with van der Waals surface area (Å²) in [5.41, 5.74) is 0.668. The highest BCUT2D eigenvalue weighted by Gasteiger charge is 2.35. The molecule has 0 bridgehead atoms. The Labute approximate surface area is 143 Å². The summed E-state index contributed by atoms with van der Waals surface area (Å²) in [6, 6.07) is 7.37. The molecular formula is C19H27NO4. The lowest BCUT2D eigenvalue weighted by atomic mass is 9.86. The van der Waals surface area contributed by atoms with Crippen molar-refractivity contribution in [2.24, 2.45) is 0 Å². The van der Waals surface area contributed by atoms with Crippen molar-refractivity contribution >= 4 is 11.9 Å². The van der Waals surface area contributed by atoms with E-state index in [2.05, 4.69) is 0 Å². The second-order valence-electron chi connectivity index (χ2n) is 6.77. The molecule has 1 aromatic rings. The van der Waals surface area contributed by atoms with Crippen LogP contribution >= 0.6 is 0 Å². The van der Waals surface area contributed by atoms with Crippen molar-refractivity contribution in [3.63, 3.8) is 0 Å². The molecule has 5 nitrogen and oxygen atoms in total. The maximum Gasteiger partial charge on any atom is 0.312 e. The topological polar surface area (TPSA) is 77.8 Å². The van der Waals surface area contributed by atoms with E-state index in [4.69, 9.17) is 0 Å². The Hall–Kier alpha value is -1.88. The number of aliphatic carboxylic acids is 1. The van der Waals surface area contributed by atoms with Gasteiger partial charge >= 0.3 is 5.97 Å². The molecule has 1 unspecified atom stereocenters. The smallest absolute Gasteiger partial charge is 0.312 e. The van der Waals surface area contributed by atoms with E-state index >= 15 is 0 Å². The second-order valence-corrected chi connectivity index (χ2v) is 6.77. The number of amides is 1. The van der Waals surface area contributed by atoms with Crippen LogP contribution < -0.4 is 0 Å². The summed E-state index contributed by atoms with van der Waals surface area (Å²) < 4.78 is 0. The van der Waals surface area contributed by atoms with Crippen LogP contribution in [0.2, 0.25) is 0 Å². The molecule has 132 valence electrons. The molecule has 1 aromatic carbocycles. The van der Waals surface area contributed by atoms with Crippen LogP contribution in [0.1, 0.15) is 63.0 Å². The van der Waals surface area contributed by atoms with Gasteiger partial charge in [-0.25, -0.2) is 0 Å². The molecule has 0 radical (unpaired) electrons. The number of benzene rings is 1. The molecule has 5 heteroatoms. The molecule has 0 fully saturated rings. The highest BCUT2D eigenvalue weighted by molar-refractivity contribution is 5.82. The van der Waals surface area contributed by atoms with Gasteiger partial charge in [-0.05, 0) is 24.0 Å². The van der Waals surface area contributed by atoms with Crippen LogP contribution in [-0.4, -0.2) is 39.1 Å². The third-order valence-corrected chi connectivity index (χ3v) is 4.76. The van der Waals surface area contributed by atoms with Crippen molar-refractivity contribution < 1.29 is 19.8 Å². The molecule has 0 aromatic heterocycles. The molecule has 0 spiro atoms. The minimum Gasteiger partial charge on any atom is -0.481 e. The SMILES string of the molecule is CCCC(O)(CCC)CC(=O)N1Cc2ccccc2C(C(=O)O)C1. The third-order valence-electron chi connectivity index (χ3n) is 4.76. The van der Waals surface area contributed by atoms with Gasteiger partial charge in [0.15, 0.2) is 0 Å². The van der Waals surface area contributed by atoms with E-state index in [1.807, 2.05) is 38.1 Å². The molecule has 1 aliphatic heterocycles. The summed E-state index contributed by atoms with van der Waals surface area (Å²) in [6.07, 6.45) is 2.84. The van der Waals surface area contributed by atoms with Gasteiger partial charge in [-0.3, -0.25) is 9.59 Å². The van der Waals surface area contributed by atoms with Crippen LogP contribution in [0.5, 0.6) is 0 Å². The van der Waals surface area contributed by atoms with Crippen LogP contribution in [0.25, 0.3) is 0 Å². The summed E-state index contributed by atoms with van der Waals surface area (Å²) in [4.78, 5) is 25.9. The number of carbonyl (C=O) groups excluding carboxylic acids is 1. The Bertz CT molecular complexity index is 593. The van der Waals surface area contributed by atoms with Crippen LogP contribution in [-0.2, 0) is 16.1 Å². The van der Waals surface area contributed by atoms with Gasteiger partial charge in [-0.1, -0.05) is 51.0 Å². The molecule has 0 saturated carbocycles. The fraction of sp³-hybridized carbons (Fsp3) is 0.579. The van der Waals surface area contributed by atoms with Crippen molar-refractivity contribution in [2.45, 2.75) is 64.0 Å². The summed E-state index contributed by atoms with van der Waals surface area (Å²) in [7, 11) is 0. The number of fused-ring (bicyclic) bond motifs is 1. The maximum absolute atomic E-state index is 12.7. The minimum atomic E-state index is -0.990. The van der Waals surface area contributed by atoms with Crippen LogP contribution in [0.15, 0.2) is 24.3 Å². The Morgan fingerprint density at radius 1 is 1.21 bits per heavy atom. The van der Waals surface area contributed by atoms with Crippen molar-refractivity contribution in [3.05, 3.63) is 35.4 Å². The largest absolute Gasteiger partial charge is 0.481 e. The van der Waals surface area contributed by atoms with Gasteiger partial charge in [0.1, 0.15) is 0 Å². The summed E-state index contributed by atoms with van der Waals surface area (Å²) >= 11 is 0. The molecule has 2 N–H and O–H groups in total. The van der Waals surface area contributed by atoms with Gasteiger partial charge in [0, 0.05) is 13.1 Å². The molecule has 1 heterocycles. The van der Waals surface area contributed by atoms with E-state index in [1.165, 1.54) is 0 Å². The van der Waals surface area contributed by atoms with Crippen LogP contribution in [0.3, 0.4) is 0 Å². The van der Waals surface area contributed by atoms with E-state index in [0.29, 0.717) is 19.4 Å². The summed E-state index contributed by atoms with van der Waals surface area (Å²) in [6.45, 7) is 4.55. The highest BCUT2D eigenvalue weighted by atomic mass is 16.4. The van der Waals surface area contributed by atoms with Crippen molar-refractivity contribution in [1.82, 2.24) is 4.90 Å². The van der Waals surface area contributed by atoms with Gasteiger partial charge in [-0.15, -0.1) is 0 Å². The minimum absolute atomic E-state index is 0.0587. The molecular weight excluding hydrogens is 306 g/mol. The number of rotatable bonds is 7. The lowest BCUT2D eigenvalue weighted by molar-refractivity contribution is -0.143. The van der Waals surface area contributed by atoms with Gasteiger partial charge in [-0.2, -0.15) is 0 Å². The lowest BCUT2D eigenvalue weighted by Crippen LogP contribution is -2.44. The molecule has 1 aliphatic rings. The zero-order valence-corrected chi connectivity index (χ0v) is 14.5. The van der Waals surface area contributed by atoms with E-state index in [1.54, 1.807) is 4.90 Å². The number of hydrogen-bond acceptors (Lipinski definition) is 3. The van der Waals surface area contributed by atoms with Crippen molar-refractivity contribution in [1.29, 1.82) is 0 Å². The monoisotopic (exact) mass is 333 g/mol. The number of carboxylic acid groups (broad SMARTS) is 1. The first kappa shape index (κ1) is 18.5. The Morgan fingerprint density at radius 2 is 1.83 bits per heavy atom. The van der Waals surface area contributed by atoms with E-state index in [-0.39, 0.29) is 18.9 Å². The first-order valence-corrected chi connectivity index (χ1v) is 8.71. The number of nitrogens with zero attached hydrogens (tertiary/aromatic N) is 1. The number of aliphatic hydroxyl groups is 1. The van der Waals surface area contributed by atoms with E-state index < -0.39 is 17.5 Å². The summed E-state index contributed by atoms with van der Waals surface area (Å²) in [5.74, 6) is -1.79. The molecule has 2 rings (SSSR count). The molecule has 1 atom stereocenters.